The van der Waals surface area contributed by atoms with Crippen LogP contribution in [0.25, 0.3) is 22.0 Å². The van der Waals surface area contributed by atoms with Gasteiger partial charge >= 0.3 is 0 Å². The molecule has 2 N–H and O–H groups in total. The molecule has 7 nitrogen and oxygen atoms in total. The Balaban J connectivity index is 1.90. The highest BCUT2D eigenvalue weighted by Crippen LogP contribution is 2.42. The number of anilines is 2. The Kier molecular flexibility index (Phi) is 7.67. The van der Waals surface area contributed by atoms with Gasteiger partial charge in [0.25, 0.3) is 0 Å². The third kappa shape index (κ3) is 5.16. The molecule has 1 unspecified atom stereocenters. The summed E-state index contributed by atoms with van der Waals surface area (Å²) in [6.45, 7) is 4.37. The second-order valence-corrected chi connectivity index (χ2v) is 10.1. The summed E-state index contributed by atoms with van der Waals surface area (Å²) in [5.74, 6) is 1.39. The van der Waals surface area contributed by atoms with Gasteiger partial charge in [-0.1, -0.05) is 51.5 Å². The molecular weight excluding hydrogens is 577 g/mol. The van der Waals surface area contributed by atoms with Gasteiger partial charge in [-0.3, -0.25) is 4.98 Å². The molecule has 0 saturated heterocycles. The lowest BCUT2D eigenvalue weighted by atomic mass is 9.99. The molecule has 35 heavy (non-hydrogen) atoms. The quantitative estimate of drug-likeness (QED) is 0.134. The van der Waals surface area contributed by atoms with Crippen molar-refractivity contribution in [2.24, 2.45) is 0 Å². The molecule has 0 aliphatic carbocycles. The second kappa shape index (κ2) is 10.7. The van der Waals surface area contributed by atoms with Crippen molar-refractivity contribution in [2.75, 3.05) is 17.7 Å². The van der Waals surface area contributed by atoms with Crippen LogP contribution in [0.1, 0.15) is 29.9 Å². The number of nitrogens with two attached hydrogens (primary N) is 1. The van der Waals surface area contributed by atoms with Gasteiger partial charge < -0.3 is 19.9 Å². The van der Waals surface area contributed by atoms with E-state index in [2.05, 4.69) is 43.7 Å². The van der Waals surface area contributed by atoms with Gasteiger partial charge in [-0.05, 0) is 50.1 Å². The zero-order valence-corrected chi connectivity index (χ0v) is 22.6. The number of pyridine rings is 1. The number of methoxy groups -OCH3 is 1. The average Bonchev–Trinajstić information content (AvgIpc) is 3.19. The van der Waals surface area contributed by atoms with E-state index in [-0.39, 0.29) is 4.05 Å². The lowest BCUT2D eigenvalue weighted by molar-refractivity contribution is 0.393. The third-order valence-corrected chi connectivity index (χ3v) is 7.42. The molecule has 2 aromatic heterocycles. The van der Waals surface area contributed by atoms with Crippen LogP contribution in [0.3, 0.4) is 0 Å². The first kappa shape index (κ1) is 25.1. The van der Waals surface area contributed by atoms with Crippen LogP contribution in [-0.2, 0) is 6.54 Å². The number of ether oxygens (including phenoxy) is 1. The van der Waals surface area contributed by atoms with Crippen molar-refractivity contribution in [3.05, 3.63) is 64.6 Å². The van der Waals surface area contributed by atoms with Gasteiger partial charge in [0, 0.05) is 28.9 Å². The van der Waals surface area contributed by atoms with Crippen LogP contribution >= 0.6 is 34.2 Å². The molecule has 0 bridgehead atoms. The molecule has 2 aromatic carbocycles. The number of nitrogens with zero attached hydrogens (tertiary/aromatic N) is 4. The van der Waals surface area contributed by atoms with Gasteiger partial charge in [0.2, 0.25) is 0 Å². The Morgan fingerprint density at radius 1 is 1.26 bits per heavy atom. The second-order valence-electron chi connectivity index (χ2n) is 8.22. The van der Waals surface area contributed by atoms with Crippen LogP contribution in [0.5, 0.6) is 5.75 Å². The number of aryl methyl sites for hydroxylation is 2. The molecule has 1 atom stereocenters. The van der Waals surface area contributed by atoms with Crippen molar-refractivity contribution in [3.8, 4) is 22.9 Å². The van der Waals surface area contributed by atoms with Crippen molar-refractivity contribution >= 4 is 56.5 Å². The average molecular weight is 602 g/mol. The number of halogens is 2. The Bertz CT molecular complexity index is 1380. The summed E-state index contributed by atoms with van der Waals surface area (Å²) in [5, 5.41) is 14.8. The van der Waals surface area contributed by atoms with E-state index in [9.17, 15) is 5.26 Å². The number of nitrogen functional groups attached to an aromatic ring is 1. The molecule has 0 saturated carbocycles. The fourth-order valence-electron chi connectivity index (χ4n) is 4.22. The smallest absolute Gasteiger partial charge is 0.141 e. The number of benzene rings is 2. The predicted octanol–water partition coefficient (Wildman–Crippen LogP) is 6.82. The highest BCUT2D eigenvalue weighted by molar-refractivity contribution is 14.1. The van der Waals surface area contributed by atoms with Crippen molar-refractivity contribution < 1.29 is 9.26 Å². The molecule has 0 aliphatic heterocycles. The number of nitriles is 1. The lowest BCUT2D eigenvalue weighted by Gasteiger charge is -2.32. The van der Waals surface area contributed by atoms with E-state index in [4.69, 9.17) is 26.6 Å². The Labute approximate surface area is 223 Å². The minimum absolute atomic E-state index is 0.0177. The van der Waals surface area contributed by atoms with E-state index >= 15 is 0 Å². The molecular formula is C26H25ClIN5O2. The Morgan fingerprint density at radius 3 is 2.63 bits per heavy atom. The SMILES string of the molecule is COc1cc2c(N(Cc3ccc(Cl)cc3)C(I)CCC#N)c(N)cnc2cc1-c1c(C)noc1C. The van der Waals surface area contributed by atoms with Crippen molar-refractivity contribution in [3.63, 3.8) is 0 Å². The number of hydrogen-bond acceptors (Lipinski definition) is 7. The normalized spacial score (nSPS) is 11.9. The number of alkyl halides is 1. The minimum atomic E-state index is 0.0177. The van der Waals surface area contributed by atoms with Gasteiger partial charge in [0.15, 0.2) is 0 Å². The van der Waals surface area contributed by atoms with E-state index in [1.165, 1.54) is 0 Å². The van der Waals surface area contributed by atoms with Crippen LogP contribution in [-0.4, -0.2) is 21.3 Å². The summed E-state index contributed by atoms with van der Waals surface area (Å²) >= 11 is 8.48. The molecule has 2 heterocycles. The first-order valence-corrected chi connectivity index (χ1v) is 12.7. The fraction of sp³-hybridized carbons (Fsp3) is 0.269. The van der Waals surface area contributed by atoms with Crippen LogP contribution in [0, 0.1) is 25.2 Å². The predicted molar refractivity (Wildman–Crippen MR) is 148 cm³/mol. The number of fused-ring (bicyclic) bond motifs is 1. The molecule has 4 rings (SSSR count). The van der Waals surface area contributed by atoms with Gasteiger partial charge in [-0.25, -0.2) is 0 Å². The zero-order valence-electron chi connectivity index (χ0n) is 19.7. The molecule has 4 aromatic rings. The molecule has 0 spiro atoms. The molecule has 9 heteroatoms. The monoisotopic (exact) mass is 601 g/mol. The molecule has 0 fully saturated rings. The molecule has 180 valence electrons. The summed E-state index contributed by atoms with van der Waals surface area (Å²) in [7, 11) is 1.64. The number of aromatic nitrogens is 2. The van der Waals surface area contributed by atoms with Gasteiger partial charge in [0.05, 0.1) is 51.6 Å². The topological polar surface area (TPSA) is 101 Å². The van der Waals surface area contributed by atoms with E-state index in [0.717, 1.165) is 39.0 Å². The van der Waals surface area contributed by atoms with Crippen LogP contribution in [0.15, 0.2) is 47.1 Å². The molecule has 0 radical (unpaired) electrons. The van der Waals surface area contributed by atoms with Crippen molar-refractivity contribution in [2.45, 2.75) is 37.3 Å². The number of rotatable bonds is 8. The minimum Gasteiger partial charge on any atom is -0.496 e. The highest BCUT2D eigenvalue weighted by atomic mass is 127. The maximum absolute atomic E-state index is 9.20. The Hall–Kier alpha value is -3.03. The van der Waals surface area contributed by atoms with Gasteiger partial charge in [-0.15, -0.1) is 0 Å². The largest absolute Gasteiger partial charge is 0.496 e. The summed E-state index contributed by atoms with van der Waals surface area (Å²) in [4.78, 5) is 6.86. The fourth-order valence-corrected chi connectivity index (χ4v) is 5.13. The highest BCUT2D eigenvalue weighted by Gasteiger charge is 2.24. The third-order valence-electron chi connectivity index (χ3n) is 5.88. The van der Waals surface area contributed by atoms with E-state index in [1.807, 2.05) is 50.2 Å². The summed E-state index contributed by atoms with van der Waals surface area (Å²) in [6.07, 6.45) is 2.80. The Morgan fingerprint density at radius 2 is 2.00 bits per heavy atom. The van der Waals surface area contributed by atoms with E-state index in [1.54, 1.807) is 13.3 Å². The maximum Gasteiger partial charge on any atom is 0.141 e. The zero-order chi connectivity index (χ0) is 25.1. The number of hydrogen-bond donors (Lipinski definition) is 1. The first-order chi connectivity index (χ1) is 16.8. The van der Waals surface area contributed by atoms with Crippen molar-refractivity contribution in [1.82, 2.24) is 10.1 Å². The van der Waals surface area contributed by atoms with Crippen LogP contribution in [0.2, 0.25) is 5.02 Å². The van der Waals surface area contributed by atoms with Gasteiger partial charge in [-0.2, -0.15) is 5.26 Å². The van der Waals surface area contributed by atoms with E-state index in [0.29, 0.717) is 41.6 Å². The van der Waals surface area contributed by atoms with E-state index < -0.39 is 0 Å². The van der Waals surface area contributed by atoms with Crippen LogP contribution < -0.4 is 15.4 Å². The maximum atomic E-state index is 9.20. The standard InChI is InChI=1S/C26H25ClIN5O2/c1-15-25(16(2)35-32-15)20-11-22-19(12-23(20)34-3)26(21(30)13-31-22)33(24(28)5-4-10-29)14-17-6-8-18(27)9-7-17/h6-9,11-13,24H,4-5,14,30H2,1-3H3. The summed E-state index contributed by atoms with van der Waals surface area (Å²) in [5.41, 5.74) is 12.3. The van der Waals surface area contributed by atoms with Crippen LogP contribution in [0.4, 0.5) is 11.4 Å². The summed E-state index contributed by atoms with van der Waals surface area (Å²) < 4.78 is 11.2. The van der Waals surface area contributed by atoms with Crippen molar-refractivity contribution in [1.29, 1.82) is 5.26 Å². The molecule has 0 aliphatic rings. The van der Waals surface area contributed by atoms with Gasteiger partial charge in [0.1, 0.15) is 11.5 Å². The summed E-state index contributed by atoms with van der Waals surface area (Å²) in [6, 6.07) is 14.0. The first-order valence-electron chi connectivity index (χ1n) is 11.1. The molecule has 0 amide bonds. The lowest BCUT2D eigenvalue weighted by Crippen LogP contribution is -2.31.